The van der Waals surface area contributed by atoms with Crippen molar-refractivity contribution in [3.63, 3.8) is 0 Å². The third-order valence-electron chi connectivity index (χ3n) is 5.61. The molecule has 2 aromatic carbocycles. The fourth-order valence-corrected chi connectivity index (χ4v) is 4.71. The van der Waals surface area contributed by atoms with E-state index in [-0.39, 0.29) is 18.6 Å². The number of anilines is 1. The van der Waals surface area contributed by atoms with Crippen LogP contribution >= 0.6 is 12.2 Å². The first kappa shape index (κ1) is 19.5. The van der Waals surface area contributed by atoms with Gasteiger partial charge in [0.25, 0.3) is 0 Å². The number of thiocarbonyl (C=S) groups is 1. The molecule has 1 fully saturated rings. The van der Waals surface area contributed by atoms with Crippen LogP contribution in [0.4, 0.5) is 5.69 Å². The zero-order valence-electron chi connectivity index (χ0n) is 16.9. The molecule has 7 heteroatoms. The average molecular weight is 413 g/mol. The maximum Gasteiger partial charge on any atom is 0.317 e. The minimum Gasteiger partial charge on any atom is -0.493 e. The van der Waals surface area contributed by atoms with Gasteiger partial charge in [0.1, 0.15) is 5.92 Å². The van der Waals surface area contributed by atoms with Crippen LogP contribution in [0, 0.1) is 12.8 Å². The molecule has 0 unspecified atom stereocenters. The lowest BCUT2D eigenvalue weighted by molar-refractivity contribution is -0.159. The molecule has 2 bridgehead atoms. The van der Waals surface area contributed by atoms with Crippen LogP contribution in [0.5, 0.6) is 11.5 Å². The summed E-state index contributed by atoms with van der Waals surface area (Å²) in [5.41, 5.74) is 1.63. The average Bonchev–Trinajstić information content (AvgIpc) is 2.68. The van der Waals surface area contributed by atoms with Crippen LogP contribution < -0.4 is 19.7 Å². The molecular formula is C22H24N2O4S. The number of methoxy groups -OCH3 is 1. The van der Waals surface area contributed by atoms with E-state index in [9.17, 15) is 4.79 Å². The van der Waals surface area contributed by atoms with Crippen LogP contribution in [0.1, 0.15) is 31.0 Å². The van der Waals surface area contributed by atoms with E-state index in [4.69, 9.17) is 26.4 Å². The molecule has 2 aliphatic rings. The van der Waals surface area contributed by atoms with Gasteiger partial charge in [0, 0.05) is 11.3 Å². The Labute approximate surface area is 175 Å². The number of nitrogens with zero attached hydrogens (tertiary/aromatic N) is 1. The molecule has 0 saturated carbocycles. The first-order valence-electron chi connectivity index (χ1n) is 9.61. The van der Waals surface area contributed by atoms with Crippen LogP contribution in [0.3, 0.4) is 0 Å². The number of rotatable bonds is 4. The number of esters is 1. The fourth-order valence-electron chi connectivity index (χ4n) is 4.30. The quantitative estimate of drug-likeness (QED) is 0.607. The van der Waals surface area contributed by atoms with E-state index in [1.165, 1.54) is 0 Å². The first-order chi connectivity index (χ1) is 13.9. The summed E-state index contributed by atoms with van der Waals surface area (Å²) in [6.07, 6.45) is 0. The van der Waals surface area contributed by atoms with Crippen molar-refractivity contribution in [3.8, 4) is 11.5 Å². The summed E-state index contributed by atoms with van der Waals surface area (Å²) in [6.45, 7) is 5.98. The topological polar surface area (TPSA) is 60.0 Å². The third kappa shape index (κ3) is 2.92. The summed E-state index contributed by atoms with van der Waals surface area (Å²) >= 11 is 5.74. The number of nitrogens with one attached hydrogen (secondary N) is 1. The van der Waals surface area contributed by atoms with Gasteiger partial charge in [0.2, 0.25) is 5.72 Å². The Hall–Kier alpha value is -2.80. The number of carbonyl (C=O) groups excluding carboxylic acids is 1. The molecule has 0 aliphatic carbocycles. The molecule has 6 nitrogen and oxygen atoms in total. The third-order valence-corrected chi connectivity index (χ3v) is 5.91. The summed E-state index contributed by atoms with van der Waals surface area (Å²) in [5, 5.41) is 3.87. The zero-order chi connectivity index (χ0) is 20.8. The molecule has 0 spiro atoms. The lowest BCUT2D eigenvalue weighted by Crippen LogP contribution is -2.72. The van der Waals surface area contributed by atoms with E-state index in [1.807, 2.05) is 61.2 Å². The van der Waals surface area contributed by atoms with Crippen molar-refractivity contribution < 1.29 is 19.0 Å². The predicted octanol–water partition coefficient (Wildman–Crippen LogP) is 3.73. The standard InChI is InChI=1S/C22H24N2O4S/c1-5-27-20(25)17-18-14-10-8-12-16(26-4)19(14)28-22(17,3)24(21(29)23-18)15-11-7-6-9-13(15)2/h6-12,17-18H,5H2,1-4H3,(H,23,29)/t17-,18-,22-/m0/s1. The Kier molecular flexibility index (Phi) is 4.86. The van der Waals surface area contributed by atoms with E-state index in [2.05, 4.69) is 5.32 Å². The number of carbonyl (C=O) groups is 1. The number of fused-ring (bicyclic) bond motifs is 4. The van der Waals surface area contributed by atoms with Gasteiger partial charge in [-0.2, -0.15) is 0 Å². The minimum atomic E-state index is -1.09. The van der Waals surface area contributed by atoms with E-state index < -0.39 is 11.6 Å². The van der Waals surface area contributed by atoms with Gasteiger partial charge in [0.15, 0.2) is 16.6 Å². The highest BCUT2D eigenvalue weighted by atomic mass is 32.1. The van der Waals surface area contributed by atoms with E-state index in [1.54, 1.807) is 14.0 Å². The summed E-state index contributed by atoms with van der Waals surface area (Å²) in [5.74, 6) is 0.257. The minimum absolute atomic E-state index is 0.290. The monoisotopic (exact) mass is 412 g/mol. The maximum atomic E-state index is 13.1. The number of hydrogen-bond donors (Lipinski definition) is 1. The highest BCUT2D eigenvalue weighted by Crippen LogP contribution is 2.52. The Morgan fingerprint density at radius 1 is 1.28 bits per heavy atom. The van der Waals surface area contributed by atoms with Gasteiger partial charge in [-0.25, -0.2) is 0 Å². The van der Waals surface area contributed by atoms with Gasteiger partial charge in [0.05, 0.1) is 19.8 Å². The van der Waals surface area contributed by atoms with Crippen molar-refractivity contribution in [2.24, 2.45) is 5.92 Å². The molecule has 2 aliphatic heterocycles. The van der Waals surface area contributed by atoms with E-state index in [0.717, 1.165) is 16.8 Å². The van der Waals surface area contributed by atoms with Crippen LogP contribution in [0.15, 0.2) is 42.5 Å². The Balaban J connectivity index is 1.94. The Bertz CT molecular complexity index is 979. The molecule has 152 valence electrons. The van der Waals surface area contributed by atoms with Crippen molar-refractivity contribution in [3.05, 3.63) is 53.6 Å². The smallest absolute Gasteiger partial charge is 0.317 e. The lowest BCUT2D eigenvalue weighted by atomic mass is 9.79. The Morgan fingerprint density at radius 3 is 2.72 bits per heavy atom. The van der Waals surface area contributed by atoms with E-state index in [0.29, 0.717) is 16.6 Å². The van der Waals surface area contributed by atoms with Crippen LogP contribution in [0.2, 0.25) is 0 Å². The summed E-state index contributed by atoms with van der Waals surface area (Å²) in [4.78, 5) is 15.0. The summed E-state index contributed by atoms with van der Waals surface area (Å²) in [7, 11) is 1.60. The SMILES string of the molecule is CCOC(=O)[C@@H]1[C@H]2NC(=S)N(c3ccccc3C)[C@@]1(C)Oc1c(OC)cccc12. The highest BCUT2D eigenvalue weighted by Gasteiger charge is 2.60. The maximum absolute atomic E-state index is 13.1. The molecular weight excluding hydrogens is 388 g/mol. The Morgan fingerprint density at radius 2 is 2.03 bits per heavy atom. The predicted molar refractivity (Wildman–Crippen MR) is 114 cm³/mol. The molecule has 1 N–H and O–H groups in total. The van der Waals surface area contributed by atoms with Gasteiger partial charge >= 0.3 is 5.97 Å². The molecule has 4 rings (SSSR count). The summed E-state index contributed by atoms with van der Waals surface area (Å²) < 4.78 is 17.5. The second-order valence-electron chi connectivity index (χ2n) is 7.31. The fraction of sp³-hybridized carbons (Fsp3) is 0.364. The van der Waals surface area contributed by atoms with Crippen LogP contribution in [0.25, 0.3) is 0 Å². The molecule has 29 heavy (non-hydrogen) atoms. The van der Waals surface area contributed by atoms with Crippen LogP contribution in [-0.4, -0.2) is 30.5 Å². The van der Waals surface area contributed by atoms with Gasteiger partial charge in [-0.15, -0.1) is 0 Å². The van der Waals surface area contributed by atoms with Crippen LogP contribution in [-0.2, 0) is 9.53 Å². The van der Waals surface area contributed by atoms with Gasteiger partial charge in [-0.1, -0.05) is 30.3 Å². The first-order valence-corrected chi connectivity index (χ1v) is 10.0. The summed E-state index contributed by atoms with van der Waals surface area (Å²) in [6, 6.07) is 13.1. The van der Waals surface area contributed by atoms with E-state index >= 15 is 0 Å². The number of hydrogen-bond acceptors (Lipinski definition) is 5. The number of aryl methyl sites for hydroxylation is 1. The number of benzene rings is 2. The van der Waals surface area contributed by atoms with Gasteiger partial charge < -0.3 is 19.5 Å². The molecule has 2 heterocycles. The molecule has 0 aromatic heterocycles. The molecule has 0 radical (unpaired) electrons. The largest absolute Gasteiger partial charge is 0.493 e. The number of ether oxygens (including phenoxy) is 3. The normalized spacial score (nSPS) is 24.8. The second kappa shape index (κ2) is 7.22. The van der Waals surface area contributed by atoms with Crippen molar-refractivity contribution in [1.82, 2.24) is 5.32 Å². The highest BCUT2D eigenvalue weighted by molar-refractivity contribution is 7.80. The molecule has 3 atom stereocenters. The molecule has 2 aromatic rings. The number of para-hydroxylation sites is 2. The zero-order valence-corrected chi connectivity index (χ0v) is 17.7. The second-order valence-corrected chi connectivity index (χ2v) is 7.70. The van der Waals surface area contributed by atoms with Crippen molar-refractivity contribution in [2.75, 3.05) is 18.6 Å². The van der Waals surface area contributed by atoms with Crippen molar-refractivity contribution >= 4 is 29.0 Å². The molecule has 0 amide bonds. The van der Waals surface area contributed by atoms with Crippen molar-refractivity contribution in [1.29, 1.82) is 0 Å². The van der Waals surface area contributed by atoms with Crippen molar-refractivity contribution in [2.45, 2.75) is 32.5 Å². The molecule has 1 saturated heterocycles. The van der Waals surface area contributed by atoms with Gasteiger partial charge in [-0.05, 0) is 50.7 Å². The van der Waals surface area contributed by atoms with Gasteiger partial charge in [-0.3, -0.25) is 9.69 Å². The lowest BCUT2D eigenvalue weighted by Gasteiger charge is -2.55.